The summed E-state index contributed by atoms with van der Waals surface area (Å²) in [6.45, 7) is 16.8. The van der Waals surface area contributed by atoms with Gasteiger partial charge in [-0.2, -0.15) is 39.0 Å². The molecule has 9 rings (SSSR count). The molecule has 1 aliphatic heterocycles. The number of hydrogen-bond donors (Lipinski definition) is 10. The predicted octanol–water partition coefficient (Wildman–Crippen LogP) is 7.39. The molecule has 0 aromatic carbocycles. The first-order chi connectivity index (χ1) is 37.3. The van der Waals surface area contributed by atoms with E-state index in [-0.39, 0.29) is 1200 Å². The molecule has 63 heteroatoms. The second kappa shape index (κ2) is 185. The first-order valence-electron chi connectivity index (χ1n) is 23.2. The van der Waals surface area contributed by atoms with Crippen molar-refractivity contribution >= 4 is 40.9 Å². The number of carboxylic acids is 1. The number of carboxylic acid groups (broad SMARTS) is 1. The number of ketones is 1. The number of aldehydes is 1. The zero-order valence-corrected chi connectivity index (χ0v) is 155. The standard InChI is InChI=1S/3C8H10N4O.C6H8N2O2.C6H7N2O.C6H8O4.C4H8O2.C2H2O3.13CH4.CH3.2W.30Y/c3*1-5-7(4-13)3-8-10-9-6(2)12(8)11-5;1-4-5(3-9)2-6(10)8-7-4;1-5-6(4-9)2-3-7-8-5;1-6(9)4(3-7)2-5(8)10-6;1-4(6)2-3-5;3-1-2(4)5;;;;;;;;;;;;;;;;;;;;;;;;;;;;;;;;;;;;;;;;;;;;;;/h3*3,13H,4H2,1-2H3;2,9H,3H2,1H3,(H,8,10);2,9H,4H2,1H3;2,7,9H,3H2,1H3;5H,2-3H2,1H3;1H,(H,4,5);13*1H4;1H3;;;;;;;;;;;;;;;;;;;;;;;;;;;;;;;;/q;;;;-1;;;;;;;;;;;;;;;;;-1;;;;;;;;;;;;;;;;;;;;;;;;;;;;;;;;. The second-order valence-corrected chi connectivity index (χ2v) is 16.4. The molecule has 640 valence electrons. The van der Waals surface area contributed by atoms with E-state index in [4.69, 9.17) is 55.5 Å². The average molecular weight is 4360 g/mol. The van der Waals surface area contributed by atoms with E-state index in [1.165, 1.54) is 19.9 Å². The topological polar surface area (TPSA) is 460 Å². The smallest absolute Gasteiger partial charge is 0.368 e. The molecule has 0 amide bonds. The molecule has 125 heavy (non-hydrogen) atoms. The SMILES string of the molecule is C.C.C.C.C.C.C.C.C.C.C.C.C.CC(=O)CCO.CC1(O)OC(=O)C=C1CO.Cc1n[nH]c(=O)cc1CO.Cc1nn2c(C)nnc2cc1CO.Cc1nn2c(C)nnc2cc1CO.Cc1nn2c(C)nnc2cc1CO.Cc1nn[c-]cc1CO.O=CC(=O)O.[CH3-].[W].[W].[Y].[Y].[Y].[Y].[Y].[Y].[Y].[Y].[Y].[Y].[Y].[Y].[Y].[Y].[Y].[Y].[Y].[Y].[Y].[Y].[Y].[Y].[Y].[Y].[Y].[Y].[Y].[Y].[Y].[Y]. The van der Waals surface area contributed by atoms with E-state index in [9.17, 15) is 14.4 Å². The predicted molar refractivity (Wildman–Crippen MR) is 367 cm³/mol. The molecule has 0 saturated heterocycles. The minimum atomic E-state index is -1.61. The van der Waals surface area contributed by atoms with Gasteiger partial charge < -0.3 is 58.1 Å². The molecular weight excluding hydrogens is 4240 g/mol. The number of rotatable bonds is 9. The summed E-state index contributed by atoms with van der Waals surface area (Å²) in [6, 6.07) is 8.34. The van der Waals surface area contributed by atoms with Gasteiger partial charge in [0.15, 0.2) is 34.4 Å². The molecule has 8 aromatic heterocycles. The fraction of sp³-hybridized carbons (Fsp3) is 0.516. The van der Waals surface area contributed by atoms with Crippen LogP contribution < -0.4 is 5.56 Å². The number of hydrogen-bond acceptors (Lipinski definition) is 26. The van der Waals surface area contributed by atoms with Crippen molar-refractivity contribution < 1.29 is 1090 Å². The van der Waals surface area contributed by atoms with Crippen molar-refractivity contribution in [3.8, 4) is 0 Å². The van der Waals surface area contributed by atoms with Crippen LogP contribution in [0.25, 0.3) is 16.9 Å². The largest absolute Gasteiger partial charge is 0.476 e. The second-order valence-electron chi connectivity index (χ2n) is 16.4. The van der Waals surface area contributed by atoms with E-state index in [1.54, 1.807) is 51.7 Å². The molecule has 31 nitrogen and oxygen atoms in total. The molecule has 8 aromatic rings. The zero-order valence-electron chi connectivity index (χ0n) is 64.0. The van der Waals surface area contributed by atoms with Crippen molar-refractivity contribution in [2.75, 3.05) is 13.2 Å². The number of aromatic nitrogens is 16. The molecule has 0 saturated carbocycles. The van der Waals surface area contributed by atoms with Gasteiger partial charge in [-0.15, -0.1) is 42.4 Å². The molecule has 30 radical (unpaired) electrons. The van der Waals surface area contributed by atoms with Gasteiger partial charge in [0.05, 0.1) is 55.8 Å². The molecular formula is C62H118N16O15W2Y30-2. The Balaban J connectivity index is -0.0000000131. The third kappa shape index (κ3) is 133. The third-order valence-electron chi connectivity index (χ3n) is 10.4. The Hall–Kier alpha value is 25.8. The average Bonchev–Trinajstić information content (AvgIpc) is 4.16. The van der Waals surface area contributed by atoms with Crippen LogP contribution in [0.1, 0.15) is 191 Å². The number of H-pyrrole nitrogens is 1. The van der Waals surface area contributed by atoms with E-state index in [2.05, 4.69) is 77.2 Å². The Labute approximate surface area is 1530 Å². The van der Waals surface area contributed by atoms with Crippen LogP contribution >= 0.6 is 0 Å². The van der Waals surface area contributed by atoms with Crippen molar-refractivity contribution in [1.82, 2.24) is 79.8 Å². The zero-order chi connectivity index (χ0) is 59.6. The van der Waals surface area contributed by atoms with Gasteiger partial charge in [0.25, 0.3) is 5.56 Å². The van der Waals surface area contributed by atoms with Crippen molar-refractivity contribution in [1.29, 1.82) is 0 Å². The van der Waals surface area contributed by atoms with Crippen LogP contribution in [0.15, 0.2) is 46.8 Å². The monoisotopic (exact) mass is 4360 g/mol. The Bertz CT molecular complexity index is 3290. The van der Waals surface area contributed by atoms with E-state index in [1.807, 2.05) is 41.5 Å². The Kier molecular flexibility index (Phi) is 448. The van der Waals surface area contributed by atoms with E-state index in [0.29, 0.717) is 34.6 Å². The van der Waals surface area contributed by atoms with Crippen LogP contribution in [0.3, 0.4) is 0 Å². The number of esters is 1. The molecule has 1 aliphatic rings. The van der Waals surface area contributed by atoms with Gasteiger partial charge in [-0.05, 0) is 86.2 Å². The first kappa shape index (κ1) is 302. The van der Waals surface area contributed by atoms with Crippen molar-refractivity contribution in [3.63, 3.8) is 0 Å². The summed E-state index contributed by atoms with van der Waals surface area (Å²) in [5.74, 6) is -1.35. The van der Waals surface area contributed by atoms with Crippen LogP contribution in [-0.4, -0.2) is 169 Å². The number of carbonyl (C=O) groups is 4. The summed E-state index contributed by atoms with van der Waals surface area (Å²) in [5, 5.41) is 127. The molecule has 1 atom stereocenters. The number of aromatic amines is 1. The number of nitrogens with zero attached hydrogens (tertiary/aromatic N) is 15. The summed E-state index contributed by atoms with van der Waals surface area (Å²) >= 11 is 0. The number of aliphatic hydroxyl groups is 8. The summed E-state index contributed by atoms with van der Waals surface area (Å²) in [7, 11) is 0. The summed E-state index contributed by atoms with van der Waals surface area (Å²) in [5.41, 5.74) is 9.49. The summed E-state index contributed by atoms with van der Waals surface area (Å²) < 4.78 is 9.40. The minimum absolute atomic E-state index is 0. The van der Waals surface area contributed by atoms with Gasteiger partial charge in [-0.25, -0.2) is 20.8 Å². The number of aryl methyl sites for hydroxylation is 8. The maximum atomic E-state index is 10.6. The number of ether oxygens (including phenoxy) is 1. The van der Waals surface area contributed by atoms with Gasteiger partial charge in [0, 0.05) is 1090 Å². The van der Waals surface area contributed by atoms with Crippen molar-refractivity contribution in [2.24, 2.45) is 0 Å². The van der Waals surface area contributed by atoms with Crippen LogP contribution in [0.4, 0.5) is 0 Å². The maximum absolute atomic E-state index is 10.6. The van der Waals surface area contributed by atoms with Crippen molar-refractivity contribution in [3.05, 3.63) is 140 Å². The summed E-state index contributed by atoms with van der Waals surface area (Å²) in [4.78, 5) is 48.8. The van der Waals surface area contributed by atoms with E-state index < -0.39 is 17.7 Å². The molecule has 0 spiro atoms. The number of cyclic esters (lactones) is 1. The first-order valence-corrected chi connectivity index (χ1v) is 23.2. The van der Waals surface area contributed by atoms with Crippen LogP contribution in [0, 0.1) is 69.0 Å². The fourth-order valence-corrected chi connectivity index (χ4v) is 5.79. The minimum Gasteiger partial charge on any atom is -0.476 e. The third-order valence-corrected chi connectivity index (χ3v) is 10.4. The summed E-state index contributed by atoms with van der Waals surface area (Å²) in [6.07, 6.45) is 3.74. The van der Waals surface area contributed by atoms with Gasteiger partial charge in [-0.3, -0.25) is 19.5 Å². The number of nitrogens with one attached hydrogen (secondary N) is 1. The Morgan fingerprint density at radius 3 is 0.824 bits per heavy atom. The Morgan fingerprint density at radius 2 is 0.664 bits per heavy atom. The van der Waals surface area contributed by atoms with E-state index >= 15 is 0 Å². The molecule has 9 heterocycles. The molecule has 0 aliphatic carbocycles. The van der Waals surface area contributed by atoms with Crippen LogP contribution in [-0.2, 0) is 1080 Å². The fourth-order valence-electron chi connectivity index (χ4n) is 5.79. The van der Waals surface area contributed by atoms with Gasteiger partial charge in [-0.1, -0.05) is 96.5 Å². The number of carbonyl (C=O) groups excluding carboxylic acids is 3. The van der Waals surface area contributed by atoms with E-state index in [0.717, 1.165) is 68.6 Å². The van der Waals surface area contributed by atoms with Crippen molar-refractivity contribution in [2.45, 2.75) is 211 Å². The quantitative estimate of drug-likeness (QED) is 0.0291. The van der Waals surface area contributed by atoms with Gasteiger partial charge >= 0.3 is 11.9 Å². The normalized spacial score (nSPS) is 8.11. The molecule has 10 N–H and O–H groups in total. The number of aliphatic carboxylic acids is 1. The molecule has 0 fully saturated rings. The number of aliphatic hydroxyl groups excluding tert-OH is 7. The molecule has 0 bridgehead atoms. The Morgan fingerprint density at radius 1 is 0.416 bits per heavy atom. The van der Waals surface area contributed by atoms with Crippen LogP contribution in [0.2, 0.25) is 0 Å². The number of fused-ring (bicyclic) bond motifs is 3. The number of Topliss-reactive ketones (excluding diaryl/α,β-unsaturated/α-hetero) is 1. The maximum Gasteiger partial charge on any atom is 0.368 e. The molecule has 1 unspecified atom stereocenters. The van der Waals surface area contributed by atoms with Gasteiger partial charge in [0.2, 0.25) is 12.1 Å². The van der Waals surface area contributed by atoms with Gasteiger partial charge in [0.1, 0.15) is 5.78 Å². The van der Waals surface area contributed by atoms with Crippen LogP contribution in [0.5, 0.6) is 0 Å².